The molecule has 1 aliphatic heterocycles. The number of carbonyl (C=O) groups is 1. The van der Waals surface area contributed by atoms with E-state index in [1.54, 1.807) is 5.38 Å². The Bertz CT molecular complexity index is 417. The van der Waals surface area contributed by atoms with Gasteiger partial charge in [-0.2, -0.15) is 11.8 Å². The molecule has 0 spiro atoms. The Kier molecular flexibility index (Phi) is 3.63. The second kappa shape index (κ2) is 4.86. The molecule has 17 heavy (non-hydrogen) atoms. The van der Waals surface area contributed by atoms with E-state index in [-0.39, 0.29) is 10.7 Å². The fraction of sp³-hybridized carbons (Fsp3) is 0.636. The Balaban J connectivity index is 2.05. The third-order valence-corrected chi connectivity index (χ3v) is 4.91. The number of thiazole rings is 1. The van der Waals surface area contributed by atoms with Gasteiger partial charge >= 0.3 is 0 Å². The molecule has 0 bridgehead atoms. The molecule has 1 aromatic rings. The van der Waals surface area contributed by atoms with Gasteiger partial charge in [-0.15, -0.1) is 11.3 Å². The summed E-state index contributed by atoms with van der Waals surface area (Å²) >= 11 is 3.24. The first-order chi connectivity index (χ1) is 7.98. The number of anilines is 1. The molecule has 1 saturated heterocycles. The van der Waals surface area contributed by atoms with Crippen molar-refractivity contribution in [3.8, 4) is 0 Å². The Morgan fingerprint density at radius 2 is 2.29 bits per heavy atom. The van der Waals surface area contributed by atoms with Gasteiger partial charge in [0.2, 0.25) is 0 Å². The number of hydrogen-bond donors (Lipinski definition) is 1. The number of hydrogen-bond acceptors (Lipinski definition) is 5. The smallest absolute Gasteiger partial charge is 0.273 e. The molecule has 0 aliphatic carbocycles. The van der Waals surface area contributed by atoms with Crippen molar-refractivity contribution >= 4 is 34.1 Å². The molecule has 0 atom stereocenters. The highest BCUT2D eigenvalue weighted by Crippen LogP contribution is 2.31. The third kappa shape index (κ3) is 3.13. The van der Waals surface area contributed by atoms with E-state index in [0.29, 0.717) is 10.8 Å². The second-order valence-electron chi connectivity index (χ2n) is 4.72. The van der Waals surface area contributed by atoms with Crippen LogP contribution in [0.15, 0.2) is 5.38 Å². The monoisotopic (exact) mass is 271 g/mol. The van der Waals surface area contributed by atoms with Gasteiger partial charge in [-0.05, 0) is 6.42 Å². The number of nitrogen functional groups attached to an aromatic ring is 1. The van der Waals surface area contributed by atoms with Crippen molar-refractivity contribution in [1.29, 1.82) is 0 Å². The van der Waals surface area contributed by atoms with Gasteiger partial charge in [0.25, 0.3) is 5.91 Å². The summed E-state index contributed by atoms with van der Waals surface area (Å²) in [5.41, 5.74) is 6.04. The first kappa shape index (κ1) is 12.7. The lowest BCUT2D eigenvalue weighted by Crippen LogP contribution is -2.33. The van der Waals surface area contributed by atoms with Gasteiger partial charge in [0, 0.05) is 29.0 Å². The van der Waals surface area contributed by atoms with Crippen LogP contribution < -0.4 is 5.73 Å². The zero-order valence-corrected chi connectivity index (χ0v) is 11.7. The van der Waals surface area contributed by atoms with Crippen molar-refractivity contribution in [3.05, 3.63) is 11.1 Å². The molecular weight excluding hydrogens is 254 g/mol. The Labute approximate surface area is 110 Å². The fourth-order valence-electron chi connectivity index (χ4n) is 1.77. The van der Waals surface area contributed by atoms with Crippen LogP contribution in [0.1, 0.15) is 30.8 Å². The molecule has 6 heteroatoms. The quantitative estimate of drug-likeness (QED) is 0.849. The predicted molar refractivity (Wildman–Crippen MR) is 73.6 cm³/mol. The van der Waals surface area contributed by atoms with Crippen molar-refractivity contribution in [2.75, 3.05) is 24.6 Å². The lowest BCUT2D eigenvalue weighted by Gasteiger charge is -2.22. The summed E-state index contributed by atoms with van der Waals surface area (Å²) in [7, 11) is 0. The van der Waals surface area contributed by atoms with Gasteiger partial charge in [0.1, 0.15) is 5.69 Å². The van der Waals surface area contributed by atoms with E-state index in [9.17, 15) is 4.79 Å². The fourth-order valence-corrected chi connectivity index (χ4v) is 3.41. The van der Waals surface area contributed by atoms with E-state index in [4.69, 9.17) is 5.73 Å². The number of aromatic nitrogens is 1. The van der Waals surface area contributed by atoms with Crippen LogP contribution >= 0.6 is 23.1 Å². The summed E-state index contributed by atoms with van der Waals surface area (Å²) in [6, 6.07) is 0. The van der Waals surface area contributed by atoms with Crippen molar-refractivity contribution in [1.82, 2.24) is 9.88 Å². The summed E-state index contributed by atoms with van der Waals surface area (Å²) in [6.45, 7) is 6.06. The summed E-state index contributed by atoms with van der Waals surface area (Å²) in [4.78, 5) is 18.1. The summed E-state index contributed by atoms with van der Waals surface area (Å²) in [5, 5.41) is 2.19. The van der Waals surface area contributed by atoms with Crippen LogP contribution in [0.4, 0.5) is 5.13 Å². The van der Waals surface area contributed by atoms with E-state index in [1.165, 1.54) is 11.3 Å². The van der Waals surface area contributed by atoms with Crippen molar-refractivity contribution in [2.24, 2.45) is 0 Å². The molecule has 2 heterocycles. The summed E-state index contributed by atoms with van der Waals surface area (Å²) in [6.07, 6.45) is 1.02. The molecule has 94 valence electrons. The number of rotatable bonds is 1. The van der Waals surface area contributed by atoms with Crippen LogP contribution in [0.25, 0.3) is 0 Å². The van der Waals surface area contributed by atoms with Gasteiger partial charge in [0.05, 0.1) is 0 Å². The minimum atomic E-state index is 0.0104. The van der Waals surface area contributed by atoms with Crippen LogP contribution in [0.2, 0.25) is 0 Å². The Hall–Kier alpha value is -0.750. The maximum Gasteiger partial charge on any atom is 0.273 e. The molecule has 0 saturated carbocycles. The molecule has 1 fully saturated rings. The van der Waals surface area contributed by atoms with Crippen LogP contribution in [0.5, 0.6) is 0 Å². The highest BCUT2D eigenvalue weighted by Gasteiger charge is 2.27. The van der Waals surface area contributed by atoms with Crippen molar-refractivity contribution < 1.29 is 4.79 Å². The molecular formula is C11H17N3OS2. The van der Waals surface area contributed by atoms with Crippen LogP contribution in [-0.2, 0) is 0 Å². The summed E-state index contributed by atoms with van der Waals surface area (Å²) in [5.74, 6) is 0.995. The van der Waals surface area contributed by atoms with E-state index in [2.05, 4.69) is 18.8 Å². The van der Waals surface area contributed by atoms with Crippen LogP contribution in [0, 0.1) is 0 Å². The summed E-state index contributed by atoms with van der Waals surface area (Å²) < 4.78 is 0.260. The number of thioether (sulfide) groups is 1. The SMILES string of the molecule is CC1(C)CCN(C(=O)c2csc(N)n2)CCS1. The topological polar surface area (TPSA) is 59.2 Å². The average molecular weight is 271 g/mol. The molecule has 0 aromatic carbocycles. The predicted octanol–water partition coefficient (Wildman–Crippen LogP) is 2.08. The number of nitrogens with zero attached hydrogens (tertiary/aromatic N) is 2. The zero-order valence-electron chi connectivity index (χ0n) is 10.1. The first-order valence-corrected chi connectivity index (χ1v) is 7.49. The van der Waals surface area contributed by atoms with Crippen LogP contribution in [0.3, 0.4) is 0 Å². The molecule has 2 rings (SSSR count). The van der Waals surface area contributed by atoms with E-state index >= 15 is 0 Å². The zero-order chi connectivity index (χ0) is 12.5. The van der Waals surface area contributed by atoms with Crippen molar-refractivity contribution in [2.45, 2.75) is 25.0 Å². The molecule has 0 radical (unpaired) electrons. The maximum absolute atomic E-state index is 12.2. The molecule has 0 unspecified atom stereocenters. The van der Waals surface area contributed by atoms with Crippen molar-refractivity contribution in [3.63, 3.8) is 0 Å². The standard InChI is InChI=1S/C11H17N3OS2/c1-11(2)3-4-14(5-6-17-11)9(15)8-7-16-10(12)13-8/h7H,3-6H2,1-2H3,(H2,12,13). The Morgan fingerprint density at radius 3 is 2.94 bits per heavy atom. The molecule has 1 aliphatic rings. The van der Waals surface area contributed by atoms with Gasteiger partial charge in [-0.25, -0.2) is 4.98 Å². The largest absolute Gasteiger partial charge is 0.375 e. The third-order valence-electron chi connectivity index (χ3n) is 2.87. The molecule has 4 nitrogen and oxygen atoms in total. The average Bonchev–Trinajstić information content (AvgIpc) is 2.60. The lowest BCUT2D eigenvalue weighted by molar-refractivity contribution is 0.0759. The molecule has 2 N–H and O–H groups in total. The minimum absolute atomic E-state index is 0.0104. The van der Waals surface area contributed by atoms with E-state index in [0.717, 1.165) is 25.3 Å². The van der Waals surface area contributed by atoms with Gasteiger partial charge < -0.3 is 10.6 Å². The van der Waals surface area contributed by atoms with Gasteiger partial charge in [-0.3, -0.25) is 4.79 Å². The van der Waals surface area contributed by atoms with E-state index in [1.807, 2.05) is 16.7 Å². The Morgan fingerprint density at radius 1 is 1.53 bits per heavy atom. The van der Waals surface area contributed by atoms with Crippen LogP contribution in [-0.4, -0.2) is 39.4 Å². The highest BCUT2D eigenvalue weighted by molar-refractivity contribution is 8.00. The van der Waals surface area contributed by atoms with Gasteiger partial charge in [0.15, 0.2) is 5.13 Å². The highest BCUT2D eigenvalue weighted by atomic mass is 32.2. The molecule has 1 aromatic heterocycles. The first-order valence-electron chi connectivity index (χ1n) is 5.62. The normalized spacial score (nSPS) is 20.0. The lowest BCUT2D eigenvalue weighted by atomic mass is 10.1. The number of nitrogens with two attached hydrogens (primary N) is 1. The number of carbonyl (C=O) groups excluding carboxylic acids is 1. The maximum atomic E-state index is 12.2. The second-order valence-corrected chi connectivity index (χ2v) is 7.41. The van der Waals surface area contributed by atoms with E-state index < -0.39 is 0 Å². The minimum Gasteiger partial charge on any atom is -0.375 e. The molecule has 1 amide bonds. The number of amides is 1. The van der Waals surface area contributed by atoms with Gasteiger partial charge in [-0.1, -0.05) is 13.8 Å².